The first kappa shape index (κ1) is 23.7. The smallest absolute Gasteiger partial charge is 0.306 e. The van der Waals surface area contributed by atoms with Gasteiger partial charge in [-0.3, -0.25) is 9.59 Å². The van der Waals surface area contributed by atoms with Gasteiger partial charge in [-0.2, -0.15) is 4.31 Å². The number of amides is 1. The van der Waals surface area contributed by atoms with E-state index in [9.17, 15) is 18.0 Å². The van der Waals surface area contributed by atoms with Gasteiger partial charge in [0.25, 0.3) is 5.91 Å². The van der Waals surface area contributed by atoms with Crippen molar-refractivity contribution in [3.63, 3.8) is 0 Å². The van der Waals surface area contributed by atoms with Gasteiger partial charge in [0.2, 0.25) is 10.0 Å². The molecule has 31 heavy (non-hydrogen) atoms. The highest BCUT2D eigenvalue weighted by molar-refractivity contribution is 7.89. The summed E-state index contributed by atoms with van der Waals surface area (Å²) in [4.78, 5) is 26.6. The van der Waals surface area contributed by atoms with Crippen LogP contribution in [-0.4, -0.2) is 61.8 Å². The molecule has 8 heteroatoms. The van der Waals surface area contributed by atoms with Crippen LogP contribution in [0, 0.1) is 0 Å². The number of hydrogen-bond acceptors (Lipinski definition) is 5. The lowest BCUT2D eigenvalue weighted by molar-refractivity contribution is -0.153. The lowest BCUT2D eigenvalue weighted by atomic mass is 10.00. The molecule has 1 unspecified atom stereocenters. The van der Waals surface area contributed by atoms with E-state index in [1.165, 1.54) is 0 Å². The zero-order valence-electron chi connectivity index (χ0n) is 18.4. The van der Waals surface area contributed by atoms with Gasteiger partial charge < -0.3 is 9.64 Å². The third-order valence-corrected chi connectivity index (χ3v) is 8.18. The predicted molar refractivity (Wildman–Crippen MR) is 118 cm³/mol. The molecule has 2 aliphatic heterocycles. The molecule has 3 rings (SSSR count). The highest BCUT2D eigenvalue weighted by Crippen LogP contribution is 2.22. The number of rotatable bonds is 8. The first-order valence-electron chi connectivity index (χ1n) is 11.5. The maximum Gasteiger partial charge on any atom is 0.306 e. The second-order valence-corrected chi connectivity index (χ2v) is 10.4. The summed E-state index contributed by atoms with van der Waals surface area (Å²) in [5.74, 6) is -0.532. The van der Waals surface area contributed by atoms with E-state index in [2.05, 4.69) is 6.92 Å². The summed E-state index contributed by atoms with van der Waals surface area (Å²) < 4.78 is 32.2. The molecule has 2 fully saturated rings. The largest absolute Gasteiger partial charge is 0.456 e. The Kier molecular flexibility index (Phi) is 8.49. The molecule has 0 aromatic heterocycles. The molecule has 1 atom stereocenters. The van der Waals surface area contributed by atoms with Crippen molar-refractivity contribution in [1.82, 2.24) is 9.21 Å². The quantitative estimate of drug-likeness (QED) is 0.568. The summed E-state index contributed by atoms with van der Waals surface area (Å²) in [5, 5.41) is 0. The second-order valence-electron chi connectivity index (χ2n) is 8.41. The Bertz CT molecular complexity index is 847. The minimum atomic E-state index is -3.45. The van der Waals surface area contributed by atoms with Crippen molar-refractivity contribution in [2.75, 3.05) is 26.2 Å². The van der Waals surface area contributed by atoms with Crippen molar-refractivity contribution in [1.29, 1.82) is 0 Å². The van der Waals surface area contributed by atoms with Crippen LogP contribution in [0.1, 0.15) is 63.9 Å². The van der Waals surface area contributed by atoms with Crippen LogP contribution in [0.15, 0.2) is 29.2 Å². The topological polar surface area (TPSA) is 84.0 Å². The lowest BCUT2D eigenvalue weighted by Crippen LogP contribution is -2.45. The molecule has 0 bridgehead atoms. The summed E-state index contributed by atoms with van der Waals surface area (Å²) in [6.07, 6.45) is 7.55. The van der Waals surface area contributed by atoms with Crippen LogP contribution in [0.4, 0.5) is 0 Å². The number of hydrogen-bond donors (Lipinski definition) is 0. The molecule has 0 N–H and O–H groups in total. The molecule has 0 aliphatic carbocycles. The number of carbonyl (C=O) groups is 2. The molecule has 0 spiro atoms. The fourth-order valence-corrected chi connectivity index (χ4v) is 5.90. The fraction of sp³-hybridized carbons (Fsp3) is 0.652. The van der Waals surface area contributed by atoms with Crippen LogP contribution in [0.25, 0.3) is 0 Å². The minimum absolute atomic E-state index is 0.118. The molecule has 1 aromatic carbocycles. The van der Waals surface area contributed by atoms with Gasteiger partial charge in [-0.1, -0.05) is 25.5 Å². The van der Waals surface area contributed by atoms with Crippen molar-refractivity contribution >= 4 is 21.9 Å². The van der Waals surface area contributed by atoms with Crippen molar-refractivity contribution < 1.29 is 22.7 Å². The van der Waals surface area contributed by atoms with Crippen LogP contribution in [-0.2, 0) is 30.8 Å². The number of likely N-dealkylation sites (tertiary alicyclic amines) is 1. The second kappa shape index (κ2) is 11.1. The molecule has 0 saturated carbocycles. The first-order chi connectivity index (χ1) is 14.9. The van der Waals surface area contributed by atoms with Gasteiger partial charge in [-0.05, 0) is 62.6 Å². The molecular weight excluding hydrogens is 416 g/mol. The number of benzene rings is 1. The van der Waals surface area contributed by atoms with Crippen molar-refractivity contribution in [3.8, 4) is 0 Å². The van der Waals surface area contributed by atoms with Gasteiger partial charge in [-0.25, -0.2) is 8.42 Å². The monoisotopic (exact) mass is 450 g/mol. The Hall–Kier alpha value is -1.93. The first-order valence-corrected chi connectivity index (χ1v) is 12.9. The van der Waals surface area contributed by atoms with Crippen molar-refractivity contribution in [2.24, 2.45) is 0 Å². The Labute approximate surface area is 185 Å². The Balaban J connectivity index is 1.45. The number of carbonyl (C=O) groups excluding carboxylic acids is 2. The molecule has 1 amide bonds. The van der Waals surface area contributed by atoms with E-state index >= 15 is 0 Å². The summed E-state index contributed by atoms with van der Waals surface area (Å²) in [5.41, 5.74) is 0.864. The van der Waals surface area contributed by atoms with Crippen LogP contribution in [0.5, 0.6) is 0 Å². The Morgan fingerprint density at radius 3 is 2.35 bits per heavy atom. The molecule has 172 valence electrons. The summed E-state index contributed by atoms with van der Waals surface area (Å²) in [6, 6.07) is 6.95. The van der Waals surface area contributed by atoms with Gasteiger partial charge in [0.15, 0.2) is 6.61 Å². The van der Waals surface area contributed by atoms with E-state index in [1.54, 1.807) is 28.6 Å². The van der Waals surface area contributed by atoms with Gasteiger partial charge in [0.1, 0.15) is 0 Å². The SMILES string of the molecule is CCC1CCCCN1C(=O)COC(=O)CCc1ccc(S(=O)(=O)N2CCCCC2)cc1. The summed E-state index contributed by atoms with van der Waals surface area (Å²) >= 11 is 0. The van der Waals surface area contributed by atoms with Crippen molar-refractivity contribution in [2.45, 2.75) is 75.6 Å². The third kappa shape index (κ3) is 6.29. The molecule has 1 aromatic rings. The molecule has 2 aliphatic rings. The summed E-state index contributed by atoms with van der Waals surface area (Å²) in [7, 11) is -3.45. The number of ether oxygens (including phenoxy) is 1. The van der Waals surface area contributed by atoms with Crippen LogP contribution in [0.2, 0.25) is 0 Å². The number of piperidine rings is 2. The normalized spacial score (nSPS) is 20.4. The summed E-state index contributed by atoms with van der Waals surface area (Å²) in [6.45, 7) is 3.76. The fourth-order valence-electron chi connectivity index (χ4n) is 4.38. The van der Waals surface area contributed by atoms with Crippen LogP contribution < -0.4 is 0 Å². The van der Waals surface area contributed by atoms with E-state index in [0.29, 0.717) is 24.4 Å². The van der Waals surface area contributed by atoms with E-state index < -0.39 is 16.0 Å². The average molecular weight is 451 g/mol. The Morgan fingerprint density at radius 1 is 1.00 bits per heavy atom. The van der Waals surface area contributed by atoms with E-state index in [4.69, 9.17) is 4.74 Å². The zero-order valence-corrected chi connectivity index (χ0v) is 19.2. The number of esters is 1. The van der Waals surface area contributed by atoms with Gasteiger partial charge in [-0.15, -0.1) is 0 Å². The minimum Gasteiger partial charge on any atom is -0.456 e. The van der Waals surface area contributed by atoms with Gasteiger partial charge in [0, 0.05) is 32.1 Å². The van der Waals surface area contributed by atoms with Gasteiger partial charge >= 0.3 is 5.97 Å². The Morgan fingerprint density at radius 2 is 1.68 bits per heavy atom. The number of sulfonamides is 1. The standard InChI is InChI=1S/C23H34N2O5S/c1-2-20-8-4-7-17-25(20)22(26)18-30-23(27)14-11-19-9-12-21(13-10-19)31(28,29)24-15-5-3-6-16-24/h9-10,12-13,20H,2-8,11,14-18H2,1H3. The predicted octanol–water partition coefficient (Wildman–Crippen LogP) is 3.13. The average Bonchev–Trinajstić information content (AvgIpc) is 2.82. The molecule has 7 nitrogen and oxygen atoms in total. The highest BCUT2D eigenvalue weighted by atomic mass is 32.2. The van der Waals surface area contributed by atoms with Crippen molar-refractivity contribution in [3.05, 3.63) is 29.8 Å². The third-order valence-electron chi connectivity index (χ3n) is 6.27. The van der Waals surface area contributed by atoms with E-state index in [0.717, 1.165) is 57.1 Å². The maximum absolute atomic E-state index is 12.7. The van der Waals surface area contributed by atoms with E-state index in [1.807, 2.05) is 4.90 Å². The van der Waals surface area contributed by atoms with Crippen LogP contribution >= 0.6 is 0 Å². The highest BCUT2D eigenvalue weighted by Gasteiger charge is 2.27. The molecule has 2 saturated heterocycles. The van der Waals surface area contributed by atoms with E-state index in [-0.39, 0.29) is 25.0 Å². The molecule has 2 heterocycles. The van der Waals surface area contributed by atoms with Crippen LogP contribution in [0.3, 0.4) is 0 Å². The molecule has 0 radical (unpaired) electrons. The zero-order chi connectivity index (χ0) is 22.3. The lowest BCUT2D eigenvalue weighted by Gasteiger charge is -2.35. The van der Waals surface area contributed by atoms with Gasteiger partial charge in [0.05, 0.1) is 4.90 Å². The number of aryl methyl sites for hydroxylation is 1. The molecular formula is C23H34N2O5S. The number of nitrogens with zero attached hydrogens (tertiary/aromatic N) is 2. The maximum atomic E-state index is 12.7.